The molecule has 0 radical (unpaired) electrons. The quantitative estimate of drug-likeness (QED) is 0.779. The van der Waals surface area contributed by atoms with E-state index in [9.17, 15) is 9.18 Å². The monoisotopic (exact) mass is 266 g/mol. The lowest BCUT2D eigenvalue weighted by molar-refractivity contribution is -0.0215. The van der Waals surface area contributed by atoms with Crippen LogP contribution in [0.2, 0.25) is 0 Å². The fraction of sp³-hybridized carbons (Fsp3) is 0.571. The van der Waals surface area contributed by atoms with Crippen molar-refractivity contribution in [2.75, 3.05) is 26.2 Å². The Morgan fingerprint density at radius 2 is 2.42 bits per heavy atom. The summed E-state index contributed by atoms with van der Waals surface area (Å²) in [6.45, 7) is 6.99. The lowest BCUT2D eigenvalue weighted by Gasteiger charge is -2.32. The number of aromatic nitrogens is 1. The summed E-state index contributed by atoms with van der Waals surface area (Å²) in [4.78, 5) is 18.2. The minimum absolute atomic E-state index is 0.0425. The van der Waals surface area contributed by atoms with Crippen LogP contribution in [0.15, 0.2) is 18.3 Å². The highest BCUT2D eigenvalue weighted by atomic mass is 19.1. The molecular weight excluding hydrogens is 247 g/mol. The van der Waals surface area contributed by atoms with Crippen molar-refractivity contribution < 1.29 is 13.9 Å². The van der Waals surface area contributed by atoms with Gasteiger partial charge < -0.3 is 4.74 Å². The zero-order valence-corrected chi connectivity index (χ0v) is 11.3. The molecule has 19 heavy (non-hydrogen) atoms. The Hall–Kier alpha value is -1.33. The number of morpholine rings is 1. The summed E-state index contributed by atoms with van der Waals surface area (Å²) in [5.74, 6) is -0.617. The molecule has 2 unspecified atom stereocenters. The van der Waals surface area contributed by atoms with Crippen LogP contribution >= 0.6 is 0 Å². The maximum absolute atomic E-state index is 12.8. The molecule has 0 bridgehead atoms. The minimum Gasteiger partial charge on any atom is -0.376 e. The molecule has 0 amide bonds. The molecule has 1 aromatic heterocycles. The van der Waals surface area contributed by atoms with Crippen molar-refractivity contribution in [3.63, 3.8) is 0 Å². The molecule has 1 aromatic rings. The summed E-state index contributed by atoms with van der Waals surface area (Å²) in [5.41, 5.74) is 0.329. The van der Waals surface area contributed by atoms with Gasteiger partial charge in [-0.3, -0.25) is 14.7 Å². The van der Waals surface area contributed by atoms with Crippen molar-refractivity contribution in [2.24, 2.45) is 5.92 Å². The lowest BCUT2D eigenvalue weighted by atomic mass is 10.0. The Labute approximate surface area is 112 Å². The van der Waals surface area contributed by atoms with E-state index < -0.39 is 5.82 Å². The molecule has 2 heterocycles. The molecular formula is C14H19FN2O2. The molecule has 5 heteroatoms. The number of ketones is 1. The second kappa shape index (κ2) is 6.21. The van der Waals surface area contributed by atoms with E-state index in [1.807, 2.05) is 13.8 Å². The maximum atomic E-state index is 12.8. The molecule has 104 valence electrons. The first-order valence-corrected chi connectivity index (χ1v) is 6.56. The van der Waals surface area contributed by atoms with Crippen LogP contribution in [0.25, 0.3) is 0 Å². The van der Waals surface area contributed by atoms with Gasteiger partial charge in [0.2, 0.25) is 0 Å². The molecule has 1 aliphatic heterocycles. The van der Waals surface area contributed by atoms with Crippen LogP contribution in [0.5, 0.6) is 0 Å². The van der Waals surface area contributed by atoms with Crippen molar-refractivity contribution in [2.45, 2.75) is 20.0 Å². The standard InChI is InChI=1S/C14H19FN2O2/c1-10(8-17-5-6-19-11(2)9-17)14(18)13-4-3-12(15)7-16-13/h3-4,7,10-11H,5-6,8-9H2,1-2H3. The molecule has 2 rings (SSSR count). The zero-order chi connectivity index (χ0) is 13.8. The zero-order valence-electron chi connectivity index (χ0n) is 11.3. The van der Waals surface area contributed by atoms with E-state index in [4.69, 9.17) is 4.74 Å². The fourth-order valence-corrected chi connectivity index (χ4v) is 2.30. The number of Topliss-reactive ketones (excluding diaryl/α,β-unsaturated/α-hetero) is 1. The van der Waals surface area contributed by atoms with Crippen LogP contribution in [-0.4, -0.2) is 48.0 Å². The third-order valence-corrected chi connectivity index (χ3v) is 3.28. The highest BCUT2D eigenvalue weighted by molar-refractivity contribution is 5.95. The van der Waals surface area contributed by atoms with Crippen LogP contribution in [0.3, 0.4) is 0 Å². The number of rotatable bonds is 4. The van der Waals surface area contributed by atoms with E-state index in [0.717, 1.165) is 19.3 Å². The average molecular weight is 266 g/mol. The molecule has 1 fully saturated rings. The summed E-state index contributed by atoms with van der Waals surface area (Å²) in [6.07, 6.45) is 1.29. The van der Waals surface area contributed by atoms with Crippen molar-refractivity contribution >= 4 is 5.78 Å². The predicted octanol–water partition coefficient (Wildman–Crippen LogP) is 1.76. The van der Waals surface area contributed by atoms with E-state index in [1.165, 1.54) is 12.1 Å². The molecule has 4 nitrogen and oxygen atoms in total. The molecule has 0 spiro atoms. The van der Waals surface area contributed by atoms with Crippen LogP contribution in [0, 0.1) is 11.7 Å². The van der Waals surface area contributed by atoms with Gasteiger partial charge in [0.25, 0.3) is 0 Å². The molecule has 1 saturated heterocycles. The number of hydrogen-bond donors (Lipinski definition) is 0. The highest BCUT2D eigenvalue weighted by Gasteiger charge is 2.23. The van der Waals surface area contributed by atoms with Gasteiger partial charge in [0.05, 0.1) is 18.9 Å². The summed E-state index contributed by atoms with van der Waals surface area (Å²) in [7, 11) is 0. The van der Waals surface area contributed by atoms with Gasteiger partial charge in [-0.1, -0.05) is 6.92 Å². The fourth-order valence-electron chi connectivity index (χ4n) is 2.30. The third-order valence-electron chi connectivity index (χ3n) is 3.28. The summed E-state index contributed by atoms with van der Waals surface area (Å²) in [5, 5.41) is 0. The third kappa shape index (κ3) is 3.81. The Morgan fingerprint density at radius 1 is 1.63 bits per heavy atom. The predicted molar refractivity (Wildman–Crippen MR) is 69.5 cm³/mol. The van der Waals surface area contributed by atoms with Gasteiger partial charge >= 0.3 is 0 Å². The van der Waals surface area contributed by atoms with Crippen molar-refractivity contribution in [1.29, 1.82) is 0 Å². The van der Waals surface area contributed by atoms with E-state index >= 15 is 0 Å². The van der Waals surface area contributed by atoms with E-state index in [-0.39, 0.29) is 17.8 Å². The molecule has 1 aliphatic rings. The molecule has 0 aromatic carbocycles. The topological polar surface area (TPSA) is 42.4 Å². The summed E-state index contributed by atoms with van der Waals surface area (Å²) >= 11 is 0. The number of halogens is 1. The molecule has 0 aliphatic carbocycles. The van der Waals surface area contributed by atoms with Gasteiger partial charge in [0, 0.05) is 25.6 Å². The average Bonchev–Trinajstić information content (AvgIpc) is 2.39. The van der Waals surface area contributed by atoms with Gasteiger partial charge in [-0.2, -0.15) is 0 Å². The van der Waals surface area contributed by atoms with Gasteiger partial charge in [0.15, 0.2) is 5.78 Å². The molecule has 0 saturated carbocycles. The smallest absolute Gasteiger partial charge is 0.185 e. The van der Waals surface area contributed by atoms with Crippen LogP contribution in [0.1, 0.15) is 24.3 Å². The van der Waals surface area contributed by atoms with Crippen LogP contribution in [-0.2, 0) is 4.74 Å². The van der Waals surface area contributed by atoms with Gasteiger partial charge in [-0.25, -0.2) is 4.39 Å². The van der Waals surface area contributed by atoms with Crippen molar-refractivity contribution in [1.82, 2.24) is 9.88 Å². The Kier molecular flexibility index (Phi) is 4.61. The number of hydrogen-bond acceptors (Lipinski definition) is 4. The summed E-state index contributed by atoms with van der Waals surface area (Å²) < 4.78 is 18.2. The number of nitrogens with zero attached hydrogens (tertiary/aromatic N) is 2. The Morgan fingerprint density at radius 3 is 3.05 bits per heavy atom. The van der Waals surface area contributed by atoms with Crippen LogP contribution in [0.4, 0.5) is 4.39 Å². The second-order valence-electron chi connectivity index (χ2n) is 5.07. The minimum atomic E-state index is -0.425. The normalized spacial score (nSPS) is 22.2. The Bertz CT molecular complexity index is 436. The number of carbonyl (C=O) groups excluding carboxylic acids is 1. The number of pyridine rings is 1. The van der Waals surface area contributed by atoms with Gasteiger partial charge in [0.1, 0.15) is 11.5 Å². The lowest BCUT2D eigenvalue weighted by Crippen LogP contribution is -2.44. The maximum Gasteiger partial charge on any atom is 0.185 e. The summed E-state index contributed by atoms with van der Waals surface area (Å²) in [6, 6.07) is 2.71. The first kappa shape index (κ1) is 14.1. The van der Waals surface area contributed by atoms with E-state index in [2.05, 4.69) is 9.88 Å². The van der Waals surface area contributed by atoms with Gasteiger partial charge in [-0.05, 0) is 19.1 Å². The highest BCUT2D eigenvalue weighted by Crippen LogP contribution is 2.12. The van der Waals surface area contributed by atoms with E-state index in [1.54, 1.807) is 0 Å². The molecule has 0 N–H and O–H groups in total. The first-order valence-electron chi connectivity index (χ1n) is 6.56. The number of ether oxygens (including phenoxy) is 1. The molecule has 2 atom stereocenters. The second-order valence-corrected chi connectivity index (χ2v) is 5.07. The SMILES string of the molecule is CC1CN(CC(C)C(=O)c2ccc(F)cn2)CCO1. The van der Waals surface area contributed by atoms with Crippen molar-refractivity contribution in [3.8, 4) is 0 Å². The van der Waals surface area contributed by atoms with Crippen LogP contribution < -0.4 is 0 Å². The number of carbonyl (C=O) groups is 1. The Balaban J connectivity index is 1.93. The van der Waals surface area contributed by atoms with Gasteiger partial charge in [-0.15, -0.1) is 0 Å². The van der Waals surface area contributed by atoms with Crippen molar-refractivity contribution in [3.05, 3.63) is 29.8 Å². The largest absolute Gasteiger partial charge is 0.376 e. The van der Waals surface area contributed by atoms with E-state index in [0.29, 0.717) is 18.8 Å². The first-order chi connectivity index (χ1) is 9.06.